The van der Waals surface area contributed by atoms with Gasteiger partial charge in [-0.2, -0.15) is 10.4 Å². The second-order valence-corrected chi connectivity index (χ2v) is 5.65. The molecule has 0 atom stereocenters. The second-order valence-electron chi connectivity index (χ2n) is 5.22. The van der Waals surface area contributed by atoms with Gasteiger partial charge in [0.05, 0.1) is 12.3 Å². The zero-order valence-corrected chi connectivity index (χ0v) is 14.7. The summed E-state index contributed by atoms with van der Waals surface area (Å²) in [5.41, 5.74) is 1.49. The van der Waals surface area contributed by atoms with Crippen molar-refractivity contribution in [1.29, 1.82) is 5.26 Å². The van der Waals surface area contributed by atoms with Gasteiger partial charge in [0.1, 0.15) is 11.6 Å². The Kier molecular flexibility index (Phi) is 6.53. The zero-order chi connectivity index (χ0) is 19.1. The molecule has 134 valence electrons. The van der Waals surface area contributed by atoms with E-state index in [1.165, 1.54) is 10.8 Å². The number of carboxylic acid groups (broad SMARTS) is 1. The molecule has 0 saturated heterocycles. The van der Waals surface area contributed by atoms with Crippen LogP contribution in [0.15, 0.2) is 36.0 Å². The molecule has 8 heteroatoms. The van der Waals surface area contributed by atoms with Gasteiger partial charge in [-0.1, -0.05) is 23.7 Å². The molecular weight excluding hydrogens is 358 g/mol. The Bertz CT molecular complexity index is 879. The van der Waals surface area contributed by atoms with Crippen LogP contribution in [0.1, 0.15) is 18.9 Å². The maximum Gasteiger partial charge on any atom is 0.348 e. The van der Waals surface area contributed by atoms with Crippen LogP contribution in [0.5, 0.6) is 0 Å². The highest BCUT2D eigenvalue weighted by atomic mass is 35.5. The number of benzene rings is 1. The first-order chi connectivity index (χ1) is 12.4. The van der Waals surface area contributed by atoms with Crippen molar-refractivity contribution in [3.05, 3.63) is 46.6 Å². The summed E-state index contributed by atoms with van der Waals surface area (Å²) in [6.45, 7) is 1.88. The van der Waals surface area contributed by atoms with Crippen molar-refractivity contribution in [3.63, 3.8) is 0 Å². The zero-order valence-electron chi connectivity index (χ0n) is 13.9. The van der Waals surface area contributed by atoms with Crippen LogP contribution in [0.2, 0.25) is 5.02 Å². The fourth-order valence-corrected chi connectivity index (χ4v) is 2.32. The minimum atomic E-state index is -1.20. The number of nitrogens with zero attached hydrogens (tertiary/aromatic N) is 3. The molecule has 1 aromatic carbocycles. The van der Waals surface area contributed by atoms with Gasteiger partial charge in [0.25, 0.3) is 0 Å². The molecule has 0 aliphatic heterocycles. The van der Waals surface area contributed by atoms with Gasteiger partial charge in [0.2, 0.25) is 0 Å². The number of carbonyl (C=O) groups is 2. The monoisotopic (exact) mass is 372 g/mol. The van der Waals surface area contributed by atoms with E-state index in [4.69, 9.17) is 16.3 Å². The molecule has 2 rings (SSSR count). The van der Waals surface area contributed by atoms with Crippen molar-refractivity contribution in [1.82, 2.24) is 9.78 Å². The molecule has 1 heterocycles. The van der Waals surface area contributed by atoms with Crippen LogP contribution in [0.4, 0.5) is 0 Å². The minimum absolute atomic E-state index is 0.0953. The molecular formula is C18H15ClN3O4-. The molecule has 26 heavy (non-hydrogen) atoms. The fourth-order valence-electron chi connectivity index (χ4n) is 2.20. The highest BCUT2D eigenvalue weighted by molar-refractivity contribution is 6.30. The fraction of sp³-hybridized carbons (Fsp3) is 0.222. The van der Waals surface area contributed by atoms with Gasteiger partial charge in [0.15, 0.2) is 0 Å². The molecule has 0 N–H and O–H groups in total. The number of hydrogen-bond donors (Lipinski definition) is 0. The summed E-state index contributed by atoms with van der Waals surface area (Å²) in [6, 6.07) is 8.65. The lowest BCUT2D eigenvalue weighted by molar-refractivity contribution is -0.306. The van der Waals surface area contributed by atoms with Crippen molar-refractivity contribution >= 4 is 29.6 Å². The number of hydrogen-bond acceptors (Lipinski definition) is 6. The predicted molar refractivity (Wildman–Crippen MR) is 92.5 cm³/mol. The lowest BCUT2D eigenvalue weighted by Gasteiger charge is -2.02. The van der Waals surface area contributed by atoms with E-state index < -0.39 is 11.9 Å². The van der Waals surface area contributed by atoms with Gasteiger partial charge in [-0.3, -0.25) is 4.68 Å². The number of carboxylic acids is 1. The topological polar surface area (TPSA) is 108 Å². The van der Waals surface area contributed by atoms with Crippen molar-refractivity contribution in [3.8, 4) is 17.3 Å². The number of ether oxygens (including phenoxy) is 1. The smallest absolute Gasteiger partial charge is 0.348 e. The summed E-state index contributed by atoms with van der Waals surface area (Å²) < 4.78 is 6.28. The summed E-state index contributed by atoms with van der Waals surface area (Å²) in [5.74, 6) is -1.94. The molecule has 0 radical (unpaired) electrons. The maximum absolute atomic E-state index is 11.8. The van der Waals surface area contributed by atoms with Crippen LogP contribution in [0.25, 0.3) is 17.3 Å². The van der Waals surface area contributed by atoms with Crippen molar-refractivity contribution in [2.24, 2.45) is 0 Å². The number of aromatic nitrogens is 2. The maximum atomic E-state index is 11.8. The van der Waals surface area contributed by atoms with Gasteiger partial charge < -0.3 is 14.6 Å². The third-order valence-electron chi connectivity index (χ3n) is 3.37. The summed E-state index contributed by atoms with van der Waals surface area (Å²) in [5, 5.41) is 24.8. The second kappa shape index (κ2) is 8.83. The standard InChI is InChI=1S/C18H16ClN3O4/c1-2-26-18(25)13(10-20)9-14-11-22(8-7-16(23)24)21-17(14)12-3-5-15(19)6-4-12/h3-6,9,11H,2,7-8H2,1H3,(H,23,24)/p-1/b13-9-. The Labute approximate surface area is 155 Å². The molecule has 7 nitrogen and oxygen atoms in total. The van der Waals surface area contributed by atoms with E-state index in [2.05, 4.69) is 5.10 Å². The first-order valence-electron chi connectivity index (χ1n) is 7.76. The Balaban J connectivity index is 2.47. The lowest BCUT2D eigenvalue weighted by Crippen LogP contribution is -2.23. The Hall–Kier alpha value is -3.11. The van der Waals surface area contributed by atoms with Gasteiger partial charge in [-0.05, 0) is 25.1 Å². The van der Waals surface area contributed by atoms with Gasteiger partial charge in [-0.15, -0.1) is 0 Å². The van der Waals surface area contributed by atoms with Crippen molar-refractivity contribution in [2.45, 2.75) is 19.9 Å². The van der Waals surface area contributed by atoms with E-state index >= 15 is 0 Å². The summed E-state index contributed by atoms with van der Waals surface area (Å²) in [4.78, 5) is 22.5. The largest absolute Gasteiger partial charge is 0.550 e. The number of carbonyl (C=O) groups excluding carboxylic acids is 2. The van der Waals surface area contributed by atoms with E-state index in [9.17, 15) is 20.0 Å². The molecule has 0 aliphatic carbocycles. The molecule has 0 aliphatic rings. The Morgan fingerprint density at radius 2 is 2.08 bits per heavy atom. The lowest BCUT2D eigenvalue weighted by atomic mass is 10.1. The van der Waals surface area contributed by atoms with Crippen molar-refractivity contribution < 1.29 is 19.4 Å². The molecule has 2 aromatic rings. The van der Waals surface area contributed by atoms with Crippen molar-refractivity contribution in [2.75, 3.05) is 6.61 Å². The molecule has 0 amide bonds. The Morgan fingerprint density at radius 1 is 1.38 bits per heavy atom. The third-order valence-corrected chi connectivity index (χ3v) is 3.62. The van der Waals surface area contributed by atoms with Gasteiger partial charge in [0, 0.05) is 41.3 Å². The van der Waals surface area contributed by atoms with E-state index in [1.54, 1.807) is 43.5 Å². The molecule has 0 fully saturated rings. The number of aryl methyl sites for hydroxylation is 1. The van der Waals surface area contributed by atoms with E-state index in [0.717, 1.165) is 0 Å². The first-order valence-corrected chi connectivity index (χ1v) is 8.14. The van der Waals surface area contributed by atoms with Crippen LogP contribution in [0, 0.1) is 11.3 Å². The summed E-state index contributed by atoms with van der Waals surface area (Å²) in [6.07, 6.45) is 2.71. The minimum Gasteiger partial charge on any atom is -0.550 e. The number of aliphatic carboxylic acids is 1. The predicted octanol–water partition coefficient (Wildman–Crippen LogP) is 1.81. The number of esters is 1. The number of rotatable bonds is 7. The molecule has 0 spiro atoms. The molecule has 0 unspecified atom stereocenters. The highest BCUT2D eigenvalue weighted by Crippen LogP contribution is 2.26. The van der Waals surface area contributed by atoms with E-state index in [0.29, 0.717) is 21.8 Å². The average molecular weight is 373 g/mol. The average Bonchev–Trinajstić information content (AvgIpc) is 3.01. The highest BCUT2D eigenvalue weighted by Gasteiger charge is 2.15. The molecule has 1 aromatic heterocycles. The van der Waals surface area contributed by atoms with E-state index in [1.807, 2.05) is 0 Å². The van der Waals surface area contributed by atoms with Crippen LogP contribution in [0.3, 0.4) is 0 Å². The van der Waals surface area contributed by atoms with E-state index in [-0.39, 0.29) is 25.1 Å². The normalized spacial score (nSPS) is 11.0. The summed E-state index contributed by atoms with van der Waals surface area (Å²) in [7, 11) is 0. The molecule has 0 bridgehead atoms. The van der Waals surface area contributed by atoms with Crippen LogP contribution in [-0.2, 0) is 20.9 Å². The SMILES string of the molecule is CCOC(=O)/C(C#N)=C\c1cn(CCC(=O)[O-])nc1-c1ccc(Cl)cc1. The van der Waals surface area contributed by atoms with Crippen LogP contribution >= 0.6 is 11.6 Å². The van der Waals surface area contributed by atoms with Gasteiger partial charge >= 0.3 is 5.97 Å². The number of halogens is 1. The third kappa shape index (κ3) is 4.94. The Morgan fingerprint density at radius 3 is 2.65 bits per heavy atom. The summed E-state index contributed by atoms with van der Waals surface area (Å²) >= 11 is 5.90. The van der Waals surface area contributed by atoms with Crippen LogP contribution in [-0.4, -0.2) is 28.3 Å². The molecule has 0 saturated carbocycles. The van der Waals surface area contributed by atoms with Gasteiger partial charge in [-0.25, -0.2) is 4.79 Å². The van der Waals surface area contributed by atoms with Crippen LogP contribution < -0.4 is 5.11 Å². The number of nitriles is 1. The quantitative estimate of drug-likeness (QED) is 0.416. The first kappa shape index (κ1) is 19.2.